The standard InChI is InChI=1S/C15H20N2O4/c1-10-8-12(14(18)19)4-5-13(10)16-15(20)17-6-3-7-21-11(2)9-17/h4-5,8,11H,3,6-7,9H2,1-2H3,(H,16,20)(H,18,19). The molecule has 1 heterocycles. The molecule has 1 aromatic rings. The molecule has 0 spiro atoms. The van der Waals surface area contributed by atoms with E-state index in [0.717, 1.165) is 12.0 Å². The van der Waals surface area contributed by atoms with Gasteiger partial charge in [0.1, 0.15) is 0 Å². The first-order valence-corrected chi connectivity index (χ1v) is 6.99. The van der Waals surface area contributed by atoms with E-state index < -0.39 is 5.97 Å². The Morgan fingerprint density at radius 2 is 2.19 bits per heavy atom. The highest BCUT2D eigenvalue weighted by Crippen LogP contribution is 2.18. The topological polar surface area (TPSA) is 78.9 Å². The van der Waals surface area contributed by atoms with Gasteiger partial charge in [-0.05, 0) is 44.0 Å². The van der Waals surface area contributed by atoms with Gasteiger partial charge in [-0.15, -0.1) is 0 Å². The number of carbonyl (C=O) groups excluding carboxylic acids is 1. The van der Waals surface area contributed by atoms with E-state index in [2.05, 4.69) is 5.32 Å². The first kappa shape index (κ1) is 15.3. The lowest BCUT2D eigenvalue weighted by Gasteiger charge is -2.23. The number of aromatic carboxylic acids is 1. The minimum absolute atomic E-state index is 0.0220. The van der Waals surface area contributed by atoms with Crippen LogP contribution in [-0.2, 0) is 4.74 Å². The number of urea groups is 1. The summed E-state index contributed by atoms with van der Waals surface area (Å²) < 4.78 is 5.51. The maximum atomic E-state index is 12.3. The summed E-state index contributed by atoms with van der Waals surface area (Å²) in [6, 6.07) is 4.47. The Morgan fingerprint density at radius 3 is 2.86 bits per heavy atom. The van der Waals surface area contributed by atoms with Crippen molar-refractivity contribution >= 4 is 17.7 Å². The number of aryl methyl sites for hydroxylation is 1. The van der Waals surface area contributed by atoms with Gasteiger partial charge in [-0.3, -0.25) is 0 Å². The second-order valence-corrected chi connectivity index (χ2v) is 5.25. The third-order valence-corrected chi connectivity index (χ3v) is 3.45. The molecule has 0 radical (unpaired) electrons. The van der Waals surface area contributed by atoms with Crippen LogP contribution in [0.5, 0.6) is 0 Å². The van der Waals surface area contributed by atoms with E-state index in [9.17, 15) is 9.59 Å². The highest BCUT2D eigenvalue weighted by molar-refractivity contribution is 5.92. The number of benzene rings is 1. The summed E-state index contributed by atoms with van der Waals surface area (Å²) in [6.45, 7) is 5.59. The van der Waals surface area contributed by atoms with Crippen LogP contribution in [0, 0.1) is 6.92 Å². The summed E-state index contributed by atoms with van der Waals surface area (Å²) in [5.41, 5.74) is 1.56. The number of hydrogen-bond donors (Lipinski definition) is 2. The quantitative estimate of drug-likeness (QED) is 0.877. The molecule has 1 unspecified atom stereocenters. The number of hydrogen-bond acceptors (Lipinski definition) is 3. The Hall–Kier alpha value is -2.08. The number of carboxylic acids is 1. The van der Waals surface area contributed by atoms with E-state index >= 15 is 0 Å². The molecule has 6 nitrogen and oxygen atoms in total. The first-order valence-electron chi connectivity index (χ1n) is 6.99. The summed E-state index contributed by atoms with van der Waals surface area (Å²) in [6.07, 6.45) is 0.836. The fourth-order valence-corrected chi connectivity index (χ4v) is 2.31. The molecule has 6 heteroatoms. The summed E-state index contributed by atoms with van der Waals surface area (Å²) in [7, 11) is 0. The Morgan fingerprint density at radius 1 is 1.43 bits per heavy atom. The van der Waals surface area contributed by atoms with Crippen LogP contribution in [-0.4, -0.2) is 47.8 Å². The zero-order chi connectivity index (χ0) is 15.4. The van der Waals surface area contributed by atoms with Gasteiger partial charge >= 0.3 is 12.0 Å². The maximum Gasteiger partial charge on any atom is 0.335 e. The molecule has 0 saturated carbocycles. The van der Waals surface area contributed by atoms with Crippen LogP contribution in [0.25, 0.3) is 0 Å². The molecule has 2 rings (SSSR count). The molecule has 1 fully saturated rings. The number of carboxylic acid groups (broad SMARTS) is 1. The van der Waals surface area contributed by atoms with Gasteiger partial charge in [-0.25, -0.2) is 9.59 Å². The van der Waals surface area contributed by atoms with Gasteiger partial charge in [0.2, 0.25) is 0 Å². The minimum Gasteiger partial charge on any atom is -0.478 e. The second kappa shape index (κ2) is 6.58. The van der Waals surface area contributed by atoms with E-state index in [1.807, 2.05) is 6.92 Å². The summed E-state index contributed by atoms with van der Waals surface area (Å²) in [5.74, 6) is -0.977. The summed E-state index contributed by atoms with van der Waals surface area (Å²) in [5, 5.41) is 11.8. The van der Waals surface area contributed by atoms with Gasteiger partial charge in [0.15, 0.2) is 0 Å². The van der Waals surface area contributed by atoms with Crippen LogP contribution in [0.4, 0.5) is 10.5 Å². The highest BCUT2D eigenvalue weighted by atomic mass is 16.5. The van der Waals surface area contributed by atoms with Gasteiger partial charge in [-0.1, -0.05) is 0 Å². The van der Waals surface area contributed by atoms with E-state index in [4.69, 9.17) is 9.84 Å². The van der Waals surface area contributed by atoms with Gasteiger partial charge in [0.05, 0.1) is 11.7 Å². The number of anilines is 1. The number of carbonyl (C=O) groups is 2. The van der Waals surface area contributed by atoms with Crippen molar-refractivity contribution in [1.82, 2.24) is 4.90 Å². The van der Waals surface area contributed by atoms with Crippen molar-refractivity contribution in [2.24, 2.45) is 0 Å². The smallest absolute Gasteiger partial charge is 0.335 e. The van der Waals surface area contributed by atoms with Crippen molar-refractivity contribution < 1.29 is 19.4 Å². The fourth-order valence-electron chi connectivity index (χ4n) is 2.31. The number of rotatable bonds is 2. The molecule has 2 N–H and O–H groups in total. The molecule has 1 atom stereocenters. The molecule has 1 aliphatic heterocycles. The van der Waals surface area contributed by atoms with Crippen molar-refractivity contribution in [2.75, 3.05) is 25.0 Å². The zero-order valence-corrected chi connectivity index (χ0v) is 12.3. The molecule has 114 valence electrons. The van der Waals surface area contributed by atoms with Crippen LogP contribution < -0.4 is 5.32 Å². The van der Waals surface area contributed by atoms with Crippen LogP contribution in [0.3, 0.4) is 0 Å². The Bertz CT molecular complexity index is 544. The van der Waals surface area contributed by atoms with Crippen LogP contribution in [0.1, 0.15) is 29.3 Å². The first-order chi connectivity index (χ1) is 9.97. The fraction of sp³-hybridized carbons (Fsp3) is 0.467. The number of nitrogens with zero attached hydrogens (tertiary/aromatic N) is 1. The molecule has 1 aliphatic rings. The third kappa shape index (κ3) is 3.95. The van der Waals surface area contributed by atoms with Gasteiger partial charge in [0, 0.05) is 25.4 Å². The predicted octanol–water partition coefficient (Wildman–Crippen LogP) is 2.34. The lowest BCUT2D eigenvalue weighted by Crippen LogP contribution is -2.39. The molecular formula is C15H20N2O4. The summed E-state index contributed by atoms with van der Waals surface area (Å²) in [4.78, 5) is 24.9. The van der Waals surface area contributed by atoms with E-state index in [-0.39, 0.29) is 17.7 Å². The molecule has 0 bridgehead atoms. The molecular weight excluding hydrogens is 272 g/mol. The van der Waals surface area contributed by atoms with Gasteiger partial charge in [0.25, 0.3) is 0 Å². The van der Waals surface area contributed by atoms with Crippen molar-refractivity contribution in [3.05, 3.63) is 29.3 Å². The van der Waals surface area contributed by atoms with Crippen LogP contribution >= 0.6 is 0 Å². The van der Waals surface area contributed by atoms with E-state index in [1.54, 1.807) is 24.0 Å². The summed E-state index contributed by atoms with van der Waals surface area (Å²) >= 11 is 0. The Balaban J connectivity index is 2.06. The average molecular weight is 292 g/mol. The normalized spacial score (nSPS) is 19.0. The van der Waals surface area contributed by atoms with E-state index in [0.29, 0.717) is 25.4 Å². The monoisotopic (exact) mass is 292 g/mol. The number of amides is 2. The van der Waals surface area contributed by atoms with Crippen molar-refractivity contribution in [3.8, 4) is 0 Å². The van der Waals surface area contributed by atoms with Crippen molar-refractivity contribution in [1.29, 1.82) is 0 Å². The van der Waals surface area contributed by atoms with Gasteiger partial charge in [-0.2, -0.15) is 0 Å². The molecule has 1 saturated heterocycles. The molecule has 1 aromatic carbocycles. The minimum atomic E-state index is -0.977. The molecule has 0 aliphatic carbocycles. The van der Waals surface area contributed by atoms with Crippen LogP contribution in [0.15, 0.2) is 18.2 Å². The average Bonchev–Trinajstić information content (AvgIpc) is 2.65. The van der Waals surface area contributed by atoms with Gasteiger partial charge < -0.3 is 20.1 Å². The predicted molar refractivity (Wildman–Crippen MR) is 78.8 cm³/mol. The van der Waals surface area contributed by atoms with Crippen molar-refractivity contribution in [3.63, 3.8) is 0 Å². The SMILES string of the molecule is Cc1cc(C(=O)O)ccc1NC(=O)N1CCCOC(C)C1. The third-order valence-electron chi connectivity index (χ3n) is 3.45. The van der Waals surface area contributed by atoms with Crippen molar-refractivity contribution in [2.45, 2.75) is 26.4 Å². The Labute approximate surface area is 123 Å². The van der Waals surface area contributed by atoms with E-state index in [1.165, 1.54) is 6.07 Å². The molecule has 21 heavy (non-hydrogen) atoms. The lowest BCUT2D eigenvalue weighted by molar-refractivity contribution is 0.0696. The Kier molecular flexibility index (Phi) is 4.80. The zero-order valence-electron chi connectivity index (χ0n) is 12.3. The maximum absolute atomic E-state index is 12.3. The van der Waals surface area contributed by atoms with Crippen LogP contribution in [0.2, 0.25) is 0 Å². The lowest BCUT2D eigenvalue weighted by atomic mass is 10.1. The highest BCUT2D eigenvalue weighted by Gasteiger charge is 2.20. The molecule has 0 aromatic heterocycles. The molecule has 2 amide bonds. The largest absolute Gasteiger partial charge is 0.478 e. The number of ether oxygens (including phenoxy) is 1. The second-order valence-electron chi connectivity index (χ2n) is 5.25. The number of nitrogens with one attached hydrogen (secondary N) is 1.